The van der Waals surface area contributed by atoms with E-state index in [-0.39, 0.29) is 5.41 Å². The average Bonchev–Trinajstić information content (AvgIpc) is 3.21. The number of rotatable bonds is 5. The average molecular weight is 668 g/mol. The minimum absolute atomic E-state index is 0.0835. The Labute approximate surface area is 304 Å². The Morgan fingerprint density at radius 2 is 0.673 bits per heavy atom. The van der Waals surface area contributed by atoms with E-state index in [1.165, 1.54) is 49.0 Å². The molecule has 0 unspecified atom stereocenters. The number of hydrogen-bond donors (Lipinski definition) is 0. The fourth-order valence-electron chi connectivity index (χ4n) is 7.26. The van der Waals surface area contributed by atoms with Gasteiger partial charge in [0.05, 0.1) is 0 Å². The Bertz CT molecular complexity index is 2680. The predicted molar refractivity (Wildman–Crippen MR) is 218 cm³/mol. The fraction of sp³-hybridized carbons (Fsp3) is 0.0816. The third kappa shape index (κ3) is 5.80. The summed E-state index contributed by atoms with van der Waals surface area (Å²) >= 11 is 0. The van der Waals surface area contributed by atoms with Crippen LogP contribution in [0.2, 0.25) is 0 Å². The third-order valence-corrected chi connectivity index (χ3v) is 10.1. The van der Waals surface area contributed by atoms with Crippen LogP contribution in [0.3, 0.4) is 0 Å². The number of fused-ring (bicyclic) bond motifs is 6. The highest BCUT2D eigenvalue weighted by Gasteiger charge is 2.17. The summed E-state index contributed by atoms with van der Waals surface area (Å²) in [6, 6.07) is 60.3. The van der Waals surface area contributed by atoms with Gasteiger partial charge in [-0.3, -0.25) is 0 Å². The number of hydrogen-bond acceptors (Lipinski definition) is 3. The summed E-state index contributed by atoms with van der Waals surface area (Å²) in [7, 11) is 0. The maximum absolute atomic E-state index is 4.97. The largest absolute Gasteiger partial charge is 0.208 e. The molecule has 3 nitrogen and oxygen atoms in total. The van der Waals surface area contributed by atoms with Crippen molar-refractivity contribution in [1.29, 1.82) is 0 Å². The first-order valence-corrected chi connectivity index (χ1v) is 17.9. The Balaban J connectivity index is 1.13. The standard InChI is InChI=1S/C49H37N3/c1-49(2,3)39-25-27-43-42-26-24-37(30-44(42)40-22-10-11-23-41(40)45(43)31-39)35-19-12-18-34(28-35)36-20-13-21-38(29-36)48-51-46(32-14-6-4-7-15-32)50-47(52-48)33-16-8-5-9-17-33/h4-31H,1-3H3. The molecule has 248 valence electrons. The minimum atomic E-state index is 0.0835. The van der Waals surface area contributed by atoms with Crippen molar-refractivity contribution in [3.05, 3.63) is 175 Å². The van der Waals surface area contributed by atoms with Gasteiger partial charge in [-0.25, -0.2) is 15.0 Å². The maximum Gasteiger partial charge on any atom is 0.164 e. The Morgan fingerprint density at radius 3 is 1.21 bits per heavy atom. The van der Waals surface area contributed by atoms with Crippen LogP contribution < -0.4 is 0 Å². The predicted octanol–water partition coefficient (Wildman–Crippen LogP) is 13.0. The van der Waals surface area contributed by atoms with Gasteiger partial charge in [0.1, 0.15) is 0 Å². The van der Waals surface area contributed by atoms with Crippen molar-refractivity contribution in [1.82, 2.24) is 15.0 Å². The van der Waals surface area contributed by atoms with Crippen molar-refractivity contribution in [3.8, 4) is 56.4 Å². The molecule has 52 heavy (non-hydrogen) atoms. The van der Waals surface area contributed by atoms with Crippen LogP contribution in [0, 0.1) is 0 Å². The monoisotopic (exact) mass is 667 g/mol. The molecule has 9 aromatic rings. The van der Waals surface area contributed by atoms with Crippen LogP contribution >= 0.6 is 0 Å². The van der Waals surface area contributed by atoms with Crippen molar-refractivity contribution < 1.29 is 0 Å². The van der Waals surface area contributed by atoms with Crippen molar-refractivity contribution in [2.75, 3.05) is 0 Å². The number of aromatic nitrogens is 3. The van der Waals surface area contributed by atoms with E-state index in [4.69, 9.17) is 15.0 Å². The minimum Gasteiger partial charge on any atom is -0.208 e. The molecule has 0 atom stereocenters. The normalized spacial score (nSPS) is 11.8. The van der Waals surface area contributed by atoms with Crippen LogP contribution in [0.15, 0.2) is 170 Å². The van der Waals surface area contributed by atoms with E-state index in [2.05, 4.69) is 130 Å². The second-order valence-electron chi connectivity index (χ2n) is 14.5. The van der Waals surface area contributed by atoms with Crippen LogP contribution in [-0.4, -0.2) is 15.0 Å². The Hall–Kier alpha value is -6.45. The van der Waals surface area contributed by atoms with E-state index in [1.54, 1.807) is 0 Å². The first-order valence-electron chi connectivity index (χ1n) is 17.9. The molecule has 1 heterocycles. The molecular weight excluding hydrogens is 631 g/mol. The summed E-state index contributed by atoms with van der Waals surface area (Å²) in [4.78, 5) is 14.8. The molecule has 1 aromatic heterocycles. The molecule has 0 N–H and O–H groups in total. The van der Waals surface area contributed by atoms with Crippen molar-refractivity contribution in [2.45, 2.75) is 26.2 Å². The van der Waals surface area contributed by atoms with Crippen LogP contribution in [0.25, 0.3) is 88.7 Å². The summed E-state index contributed by atoms with van der Waals surface area (Å²) in [5.41, 5.74) is 8.90. The van der Waals surface area contributed by atoms with Gasteiger partial charge in [-0.2, -0.15) is 0 Å². The van der Waals surface area contributed by atoms with E-state index in [0.717, 1.165) is 27.8 Å². The smallest absolute Gasteiger partial charge is 0.164 e. The topological polar surface area (TPSA) is 38.7 Å². The van der Waals surface area contributed by atoms with Gasteiger partial charge in [0.15, 0.2) is 17.5 Å². The van der Waals surface area contributed by atoms with Gasteiger partial charge < -0.3 is 0 Å². The van der Waals surface area contributed by atoms with Gasteiger partial charge in [-0.1, -0.05) is 166 Å². The van der Waals surface area contributed by atoms with Crippen LogP contribution in [0.1, 0.15) is 26.3 Å². The molecule has 0 aliphatic carbocycles. The Kier molecular flexibility index (Phi) is 7.70. The molecule has 9 rings (SSSR count). The number of benzene rings is 8. The van der Waals surface area contributed by atoms with Crippen LogP contribution in [-0.2, 0) is 5.41 Å². The van der Waals surface area contributed by atoms with Crippen molar-refractivity contribution >= 4 is 32.3 Å². The molecule has 0 amide bonds. The quantitative estimate of drug-likeness (QED) is 0.171. The molecule has 0 fully saturated rings. The van der Waals surface area contributed by atoms with Crippen LogP contribution in [0.5, 0.6) is 0 Å². The maximum atomic E-state index is 4.97. The SMILES string of the molecule is CC(C)(C)c1ccc2c3ccc(-c4cccc(-c5cccc(-c6nc(-c7ccccc7)nc(-c7ccccc7)n6)c5)c4)cc3c3ccccc3c2c1. The highest BCUT2D eigenvalue weighted by Crippen LogP contribution is 2.39. The zero-order valence-electron chi connectivity index (χ0n) is 29.5. The van der Waals surface area contributed by atoms with E-state index >= 15 is 0 Å². The van der Waals surface area contributed by atoms with Gasteiger partial charge in [0.25, 0.3) is 0 Å². The summed E-state index contributed by atoms with van der Waals surface area (Å²) < 4.78 is 0. The van der Waals surface area contributed by atoms with E-state index in [9.17, 15) is 0 Å². The molecule has 0 radical (unpaired) electrons. The molecule has 0 saturated carbocycles. The van der Waals surface area contributed by atoms with Gasteiger partial charge in [0.2, 0.25) is 0 Å². The highest BCUT2D eigenvalue weighted by atomic mass is 15.0. The van der Waals surface area contributed by atoms with Gasteiger partial charge in [-0.05, 0) is 89.8 Å². The second kappa shape index (κ2) is 12.7. The summed E-state index contributed by atoms with van der Waals surface area (Å²) in [6.07, 6.45) is 0. The molecule has 0 spiro atoms. The molecule has 0 aliphatic rings. The van der Waals surface area contributed by atoms with Gasteiger partial charge in [-0.15, -0.1) is 0 Å². The first-order chi connectivity index (χ1) is 25.4. The van der Waals surface area contributed by atoms with E-state index < -0.39 is 0 Å². The van der Waals surface area contributed by atoms with Crippen molar-refractivity contribution in [3.63, 3.8) is 0 Å². The summed E-state index contributed by atoms with van der Waals surface area (Å²) in [5, 5.41) is 7.74. The third-order valence-electron chi connectivity index (χ3n) is 10.1. The van der Waals surface area contributed by atoms with Gasteiger partial charge in [0, 0.05) is 16.7 Å². The first kappa shape index (κ1) is 31.5. The molecular formula is C49H37N3. The lowest BCUT2D eigenvalue weighted by Gasteiger charge is -2.21. The molecule has 3 heteroatoms. The number of nitrogens with zero attached hydrogens (tertiary/aromatic N) is 3. The lowest BCUT2D eigenvalue weighted by molar-refractivity contribution is 0.591. The fourth-order valence-corrected chi connectivity index (χ4v) is 7.26. The lowest BCUT2D eigenvalue weighted by Crippen LogP contribution is -2.10. The second-order valence-corrected chi connectivity index (χ2v) is 14.5. The van der Waals surface area contributed by atoms with E-state index in [1.807, 2.05) is 60.7 Å². The lowest BCUT2D eigenvalue weighted by atomic mass is 9.84. The van der Waals surface area contributed by atoms with E-state index in [0.29, 0.717) is 17.5 Å². The zero-order chi connectivity index (χ0) is 35.2. The molecule has 8 aromatic carbocycles. The molecule has 0 saturated heterocycles. The molecule has 0 bridgehead atoms. The molecule has 0 aliphatic heterocycles. The van der Waals surface area contributed by atoms with Crippen molar-refractivity contribution in [2.24, 2.45) is 0 Å². The summed E-state index contributed by atoms with van der Waals surface area (Å²) in [6.45, 7) is 6.85. The zero-order valence-corrected chi connectivity index (χ0v) is 29.5. The van der Waals surface area contributed by atoms with Gasteiger partial charge >= 0.3 is 0 Å². The highest BCUT2D eigenvalue weighted by molar-refractivity contribution is 6.25. The van der Waals surface area contributed by atoms with Crippen LogP contribution in [0.4, 0.5) is 0 Å². The Morgan fingerprint density at radius 1 is 0.288 bits per heavy atom. The summed E-state index contributed by atoms with van der Waals surface area (Å²) in [5.74, 6) is 1.96.